The zero-order chi connectivity index (χ0) is 15.2. The average Bonchev–Trinajstić information content (AvgIpc) is 2.86. The molecule has 0 saturated carbocycles. The molecule has 0 aliphatic heterocycles. The van der Waals surface area contributed by atoms with Crippen molar-refractivity contribution in [1.82, 2.24) is 4.90 Å². The Morgan fingerprint density at radius 1 is 1.33 bits per heavy atom. The molecule has 2 rings (SSSR count). The molecule has 0 aliphatic rings. The minimum absolute atomic E-state index is 0.227. The van der Waals surface area contributed by atoms with Crippen LogP contribution in [0.2, 0.25) is 0 Å². The van der Waals surface area contributed by atoms with Crippen LogP contribution in [-0.4, -0.2) is 24.6 Å². The standard InChI is InChI=1S/C15H17BrN2O3/c1-3-20-13-7-5-4-6-12(13)17-15(19)18(2)10-11-8-9-14(16)21-11/h4-9H,3,10H2,1-2H3,(H,17,19). The minimum Gasteiger partial charge on any atom is -0.492 e. The van der Waals surface area contributed by atoms with E-state index in [9.17, 15) is 4.79 Å². The molecule has 112 valence electrons. The molecular formula is C15H17BrN2O3. The first-order valence-corrected chi connectivity index (χ1v) is 7.37. The fraction of sp³-hybridized carbons (Fsp3) is 0.267. The first-order valence-electron chi connectivity index (χ1n) is 6.58. The number of hydrogen-bond acceptors (Lipinski definition) is 3. The third kappa shape index (κ3) is 4.26. The first kappa shape index (κ1) is 15.4. The molecule has 21 heavy (non-hydrogen) atoms. The number of furan rings is 1. The van der Waals surface area contributed by atoms with E-state index in [4.69, 9.17) is 9.15 Å². The molecule has 2 aromatic rings. The Bertz CT molecular complexity index is 612. The van der Waals surface area contributed by atoms with Gasteiger partial charge in [-0.2, -0.15) is 0 Å². The van der Waals surface area contributed by atoms with Crippen LogP contribution in [0.25, 0.3) is 0 Å². The molecule has 5 nitrogen and oxygen atoms in total. The number of ether oxygens (including phenoxy) is 1. The Morgan fingerprint density at radius 2 is 2.10 bits per heavy atom. The van der Waals surface area contributed by atoms with Crippen LogP contribution in [0.4, 0.5) is 10.5 Å². The van der Waals surface area contributed by atoms with Crippen LogP contribution in [0.1, 0.15) is 12.7 Å². The lowest BCUT2D eigenvalue weighted by Gasteiger charge is -2.18. The van der Waals surface area contributed by atoms with Crippen molar-refractivity contribution in [1.29, 1.82) is 0 Å². The molecule has 1 heterocycles. The van der Waals surface area contributed by atoms with Gasteiger partial charge in [-0.1, -0.05) is 12.1 Å². The smallest absolute Gasteiger partial charge is 0.322 e. The molecule has 0 aliphatic carbocycles. The molecule has 1 aromatic carbocycles. The summed E-state index contributed by atoms with van der Waals surface area (Å²) in [6.45, 7) is 2.83. The summed E-state index contributed by atoms with van der Waals surface area (Å²) in [5, 5.41) is 2.83. The Morgan fingerprint density at radius 3 is 2.76 bits per heavy atom. The number of amides is 2. The van der Waals surface area contributed by atoms with E-state index in [2.05, 4.69) is 21.2 Å². The summed E-state index contributed by atoms with van der Waals surface area (Å²) in [7, 11) is 1.70. The quantitative estimate of drug-likeness (QED) is 0.880. The number of nitrogens with zero attached hydrogens (tertiary/aromatic N) is 1. The highest BCUT2D eigenvalue weighted by molar-refractivity contribution is 9.10. The SMILES string of the molecule is CCOc1ccccc1NC(=O)N(C)Cc1ccc(Br)o1. The summed E-state index contributed by atoms with van der Waals surface area (Å²) in [5.41, 5.74) is 0.650. The number of halogens is 1. The van der Waals surface area contributed by atoms with Gasteiger partial charge < -0.3 is 19.4 Å². The van der Waals surface area contributed by atoms with E-state index in [1.807, 2.05) is 31.2 Å². The van der Waals surface area contributed by atoms with Crippen molar-refractivity contribution in [3.63, 3.8) is 0 Å². The number of nitrogens with one attached hydrogen (secondary N) is 1. The second-order valence-electron chi connectivity index (χ2n) is 4.42. The average molecular weight is 353 g/mol. The largest absolute Gasteiger partial charge is 0.492 e. The Hall–Kier alpha value is -1.95. The summed E-state index contributed by atoms with van der Waals surface area (Å²) < 4.78 is 11.5. The second kappa shape index (κ2) is 7.17. The third-order valence-electron chi connectivity index (χ3n) is 2.80. The number of urea groups is 1. The van der Waals surface area contributed by atoms with Crippen molar-refractivity contribution in [3.05, 3.63) is 46.8 Å². The van der Waals surface area contributed by atoms with Gasteiger partial charge in [0.25, 0.3) is 0 Å². The van der Waals surface area contributed by atoms with E-state index < -0.39 is 0 Å². The molecule has 0 atom stereocenters. The number of anilines is 1. The summed E-state index contributed by atoms with van der Waals surface area (Å²) >= 11 is 3.24. The monoisotopic (exact) mass is 352 g/mol. The van der Waals surface area contributed by atoms with Crippen LogP contribution < -0.4 is 10.1 Å². The van der Waals surface area contributed by atoms with Crippen LogP contribution in [-0.2, 0) is 6.54 Å². The zero-order valence-electron chi connectivity index (χ0n) is 11.9. The van der Waals surface area contributed by atoms with E-state index in [0.29, 0.717) is 35.0 Å². The van der Waals surface area contributed by atoms with Gasteiger partial charge in [-0.05, 0) is 47.1 Å². The fourth-order valence-corrected chi connectivity index (χ4v) is 2.14. The second-order valence-corrected chi connectivity index (χ2v) is 5.20. The molecule has 0 radical (unpaired) electrons. The van der Waals surface area contributed by atoms with Crippen LogP contribution in [0.5, 0.6) is 5.75 Å². The van der Waals surface area contributed by atoms with Gasteiger partial charge in [-0.25, -0.2) is 4.79 Å². The number of carbonyl (C=O) groups is 1. The van der Waals surface area contributed by atoms with Gasteiger partial charge in [0.2, 0.25) is 0 Å². The first-order chi connectivity index (χ1) is 10.1. The van der Waals surface area contributed by atoms with Gasteiger partial charge in [0, 0.05) is 7.05 Å². The maximum absolute atomic E-state index is 12.2. The Balaban J connectivity index is 2.00. The molecule has 0 unspecified atom stereocenters. The lowest BCUT2D eigenvalue weighted by atomic mass is 10.3. The van der Waals surface area contributed by atoms with E-state index in [0.717, 1.165) is 0 Å². The number of benzene rings is 1. The molecule has 0 bridgehead atoms. The molecule has 1 N–H and O–H groups in total. The minimum atomic E-state index is -0.227. The number of rotatable bonds is 5. The van der Waals surface area contributed by atoms with Gasteiger partial charge >= 0.3 is 6.03 Å². The van der Waals surface area contributed by atoms with Gasteiger partial charge in [0.15, 0.2) is 4.67 Å². The molecular weight excluding hydrogens is 336 g/mol. The van der Waals surface area contributed by atoms with Crippen LogP contribution >= 0.6 is 15.9 Å². The van der Waals surface area contributed by atoms with Gasteiger partial charge in [-0.3, -0.25) is 0 Å². The topological polar surface area (TPSA) is 54.7 Å². The maximum Gasteiger partial charge on any atom is 0.322 e. The van der Waals surface area contributed by atoms with Crippen molar-refractivity contribution in [2.24, 2.45) is 0 Å². The lowest BCUT2D eigenvalue weighted by Crippen LogP contribution is -2.30. The normalized spacial score (nSPS) is 10.2. The highest BCUT2D eigenvalue weighted by Gasteiger charge is 2.13. The summed E-state index contributed by atoms with van der Waals surface area (Å²) in [4.78, 5) is 13.7. The molecule has 0 spiro atoms. The maximum atomic E-state index is 12.2. The van der Waals surface area contributed by atoms with Crippen LogP contribution in [0.3, 0.4) is 0 Å². The summed E-state index contributed by atoms with van der Waals surface area (Å²) in [6, 6.07) is 10.7. The van der Waals surface area contributed by atoms with E-state index in [1.165, 1.54) is 4.90 Å². The highest BCUT2D eigenvalue weighted by atomic mass is 79.9. The molecule has 0 fully saturated rings. The van der Waals surface area contributed by atoms with Crippen LogP contribution in [0.15, 0.2) is 45.5 Å². The van der Waals surface area contributed by atoms with E-state index >= 15 is 0 Å². The number of hydrogen-bond donors (Lipinski definition) is 1. The van der Waals surface area contributed by atoms with Crippen molar-refractivity contribution in [3.8, 4) is 5.75 Å². The van der Waals surface area contributed by atoms with Crippen molar-refractivity contribution in [2.45, 2.75) is 13.5 Å². The molecule has 6 heteroatoms. The van der Waals surface area contributed by atoms with Gasteiger partial charge in [0.05, 0.1) is 18.8 Å². The van der Waals surface area contributed by atoms with E-state index in [1.54, 1.807) is 19.2 Å². The summed E-state index contributed by atoms with van der Waals surface area (Å²) in [5.74, 6) is 1.36. The van der Waals surface area contributed by atoms with Gasteiger partial charge in [-0.15, -0.1) is 0 Å². The predicted octanol–water partition coefficient (Wildman–Crippen LogP) is 4.10. The Kier molecular flexibility index (Phi) is 5.27. The molecule has 1 aromatic heterocycles. The number of para-hydroxylation sites is 2. The third-order valence-corrected chi connectivity index (χ3v) is 3.22. The summed E-state index contributed by atoms with van der Waals surface area (Å²) in [6.07, 6.45) is 0. The zero-order valence-corrected chi connectivity index (χ0v) is 13.5. The fourth-order valence-electron chi connectivity index (χ4n) is 1.80. The molecule has 0 saturated heterocycles. The van der Waals surface area contributed by atoms with E-state index in [-0.39, 0.29) is 6.03 Å². The van der Waals surface area contributed by atoms with Gasteiger partial charge in [0.1, 0.15) is 11.5 Å². The predicted molar refractivity (Wildman–Crippen MR) is 84.5 cm³/mol. The van der Waals surface area contributed by atoms with Crippen molar-refractivity contribution < 1.29 is 13.9 Å². The molecule has 2 amide bonds. The number of carbonyl (C=O) groups excluding carboxylic acids is 1. The lowest BCUT2D eigenvalue weighted by molar-refractivity contribution is 0.216. The Labute approximate surface area is 132 Å². The van der Waals surface area contributed by atoms with Crippen molar-refractivity contribution >= 4 is 27.6 Å². The van der Waals surface area contributed by atoms with Crippen molar-refractivity contribution in [2.75, 3.05) is 19.0 Å². The van der Waals surface area contributed by atoms with Crippen LogP contribution in [0, 0.1) is 0 Å². The highest BCUT2D eigenvalue weighted by Crippen LogP contribution is 2.24.